The van der Waals surface area contributed by atoms with Crippen molar-refractivity contribution in [1.29, 1.82) is 0 Å². The number of thiophene rings is 1. The van der Waals surface area contributed by atoms with Crippen LogP contribution in [0.1, 0.15) is 4.88 Å². The van der Waals surface area contributed by atoms with Crippen LogP contribution in [0.2, 0.25) is 0 Å². The van der Waals surface area contributed by atoms with Crippen LogP contribution in [0.5, 0.6) is 5.06 Å². The van der Waals surface area contributed by atoms with E-state index in [1.807, 2.05) is 19.1 Å². The van der Waals surface area contributed by atoms with Crippen molar-refractivity contribution in [3.63, 3.8) is 0 Å². The van der Waals surface area contributed by atoms with E-state index in [0.29, 0.717) is 0 Å². The van der Waals surface area contributed by atoms with Crippen LogP contribution in [-0.2, 0) is 0 Å². The molecule has 0 aromatic carbocycles. The first-order valence-electron chi connectivity index (χ1n) is 2.26. The van der Waals surface area contributed by atoms with Crippen molar-refractivity contribution in [3.8, 4) is 5.06 Å². The molecular formula is C5H7NOS. The standard InChI is InChI=1S/C5H7NOS/c1-4-2-3-5(7-6)8-4/h2-3H,6H2,1H3. The molecule has 3 heteroatoms. The van der Waals surface area contributed by atoms with Gasteiger partial charge in [0.1, 0.15) is 0 Å². The van der Waals surface area contributed by atoms with Crippen molar-refractivity contribution < 1.29 is 4.84 Å². The second-order valence-corrected chi connectivity index (χ2v) is 2.73. The first kappa shape index (κ1) is 5.59. The molecule has 8 heavy (non-hydrogen) atoms. The molecule has 0 unspecified atom stereocenters. The lowest BCUT2D eigenvalue weighted by molar-refractivity contribution is 0.345. The summed E-state index contributed by atoms with van der Waals surface area (Å²) in [6.07, 6.45) is 0. The van der Waals surface area contributed by atoms with E-state index in [9.17, 15) is 0 Å². The second kappa shape index (κ2) is 2.15. The minimum atomic E-state index is 0.766. The predicted molar refractivity (Wildman–Crippen MR) is 33.9 cm³/mol. The topological polar surface area (TPSA) is 35.2 Å². The molecule has 1 aromatic heterocycles. The molecule has 2 N–H and O–H groups in total. The Morgan fingerprint density at radius 3 is 2.62 bits per heavy atom. The minimum Gasteiger partial charge on any atom is -0.401 e. The van der Waals surface area contributed by atoms with Gasteiger partial charge in [-0.05, 0) is 19.1 Å². The average Bonchev–Trinajstić information content (AvgIpc) is 2.14. The average molecular weight is 129 g/mol. The zero-order valence-electron chi connectivity index (χ0n) is 4.55. The zero-order chi connectivity index (χ0) is 5.98. The normalized spacial score (nSPS) is 9.25. The summed E-state index contributed by atoms with van der Waals surface area (Å²) < 4.78 is 0. The molecule has 0 aliphatic heterocycles. The van der Waals surface area contributed by atoms with Crippen molar-refractivity contribution in [3.05, 3.63) is 17.0 Å². The van der Waals surface area contributed by atoms with Gasteiger partial charge in [0, 0.05) is 4.88 Å². The smallest absolute Gasteiger partial charge is 0.200 e. The summed E-state index contributed by atoms with van der Waals surface area (Å²) in [7, 11) is 0. The summed E-state index contributed by atoms with van der Waals surface area (Å²) in [5, 5.41) is 0.766. The van der Waals surface area contributed by atoms with Crippen LogP contribution in [0.15, 0.2) is 12.1 Å². The Labute approximate surface area is 51.8 Å². The maximum absolute atomic E-state index is 4.87. The fourth-order valence-corrected chi connectivity index (χ4v) is 1.11. The third-order valence-electron chi connectivity index (χ3n) is 0.832. The highest BCUT2D eigenvalue weighted by Gasteiger charge is 1.91. The van der Waals surface area contributed by atoms with Gasteiger partial charge >= 0.3 is 0 Å². The van der Waals surface area contributed by atoms with Crippen LogP contribution in [0.3, 0.4) is 0 Å². The molecule has 0 fully saturated rings. The predicted octanol–water partition coefficient (Wildman–Crippen LogP) is 1.31. The lowest BCUT2D eigenvalue weighted by atomic mass is 10.5. The molecule has 1 aromatic rings. The Morgan fingerprint density at radius 1 is 1.62 bits per heavy atom. The van der Waals surface area contributed by atoms with Gasteiger partial charge in [-0.25, -0.2) is 0 Å². The summed E-state index contributed by atoms with van der Waals surface area (Å²) in [4.78, 5) is 5.67. The first-order chi connectivity index (χ1) is 3.83. The zero-order valence-corrected chi connectivity index (χ0v) is 5.37. The summed E-state index contributed by atoms with van der Waals surface area (Å²) in [5.41, 5.74) is 0. The van der Waals surface area contributed by atoms with Crippen molar-refractivity contribution in [1.82, 2.24) is 0 Å². The molecule has 2 nitrogen and oxygen atoms in total. The van der Waals surface area contributed by atoms with Crippen LogP contribution >= 0.6 is 11.3 Å². The maximum atomic E-state index is 4.87. The third kappa shape index (κ3) is 0.993. The van der Waals surface area contributed by atoms with E-state index in [4.69, 9.17) is 5.90 Å². The lowest BCUT2D eigenvalue weighted by Gasteiger charge is -1.85. The summed E-state index contributed by atoms with van der Waals surface area (Å²) in [5.74, 6) is 4.87. The first-order valence-corrected chi connectivity index (χ1v) is 3.08. The van der Waals surface area contributed by atoms with Crippen molar-refractivity contribution in [2.24, 2.45) is 5.90 Å². The Kier molecular flexibility index (Phi) is 1.50. The minimum absolute atomic E-state index is 0.766. The van der Waals surface area contributed by atoms with Crippen LogP contribution < -0.4 is 10.7 Å². The summed E-state index contributed by atoms with van der Waals surface area (Å²) >= 11 is 1.54. The molecule has 0 amide bonds. The second-order valence-electron chi connectivity index (χ2n) is 1.48. The molecule has 0 radical (unpaired) electrons. The van der Waals surface area contributed by atoms with Crippen LogP contribution in [0.4, 0.5) is 0 Å². The molecule has 0 aliphatic rings. The lowest BCUT2D eigenvalue weighted by Crippen LogP contribution is -1.98. The number of hydrogen-bond acceptors (Lipinski definition) is 3. The van der Waals surface area contributed by atoms with Gasteiger partial charge in [-0.2, -0.15) is 5.90 Å². The molecule has 44 valence electrons. The van der Waals surface area contributed by atoms with Crippen molar-refractivity contribution >= 4 is 11.3 Å². The SMILES string of the molecule is Cc1ccc(ON)s1. The van der Waals surface area contributed by atoms with Gasteiger partial charge in [0.05, 0.1) is 0 Å². The number of rotatable bonds is 1. The van der Waals surface area contributed by atoms with Gasteiger partial charge in [0.25, 0.3) is 0 Å². The molecule has 1 rings (SSSR count). The Bertz CT molecular complexity index is 173. The Balaban J connectivity index is 2.84. The third-order valence-corrected chi connectivity index (χ3v) is 1.72. The fourth-order valence-electron chi connectivity index (χ4n) is 0.475. The summed E-state index contributed by atoms with van der Waals surface area (Å²) in [6, 6.07) is 3.81. The van der Waals surface area contributed by atoms with E-state index in [-0.39, 0.29) is 0 Å². The monoisotopic (exact) mass is 129 g/mol. The van der Waals surface area contributed by atoms with Crippen LogP contribution in [-0.4, -0.2) is 0 Å². The molecule has 0 aliphatic carbocycles. The van der Waals surface area contributed by atoms with E-state index in [0.717, 1.165) is 5.06 Å². The quantitative estimate of drug-likeness (QED) is 0.580. The number of nitrogens with two attached hydrogens (primary N) is 1. The van der Waals surface area contributed by atoms with Crippen LogP contribution in [0.25, 0.3) is 0 Å². The van der Waals surface area contributed by atoms with E-state index in [1.165, 1.54) is 4.88 Å². The Morgan fingerprint density at radius 2 is 2.38 bits per heavy atom. The highest BCUT2D eigenvalue weighted by molar-refractivity contribution is 7.13. The van der Waals surface area contributed by atoms with Crippen molar-refractivity contribution in [2.45, 2.75) is 6.92 Å². The van der Waals surface area contributed by atoms with Crippen LogP contribution in [0, 0.1) is 6.92 Å². The largest absolute Gasteiger partial charge is 0.401 e. The van der Waals surface area contributed by atoms with E-state index >= 15 is 0 Å². The van der Waals surface area contributed by atoms with Gasteiger partial charge in [0.2, 0.25) is 5.06 Å². The molecule has 0 bridgehead atoms. The summed E-state index contributed by atoms with van der Waals surface area (Å²) in [6.45, 7) is 2.01. The van der Waals surface area contributed by atoms with E-state index in [2.05, 4.69) is 4.84 Å². The molecule has 1 heterocycles. The van der Waals surface area contributed by atoms with Crippen molar-refractivity contribution in [2.75, 3.05) is 0 Å². The van der Waals surface area contributed by atoms with Gasteiger partial charge in [0.15, 0.2) is 0 Å². The maximum Gasteiger partial charge on any atom is 0.200 e. The molecule has 0 saturated carbocycles. The van der Waals surface area contributed by atoms with Gasteiger partial charge in [-0.15, -0.1) is 11.3 Å². The molecule has 0 saturated heterocycles. The molecular weight excluding hydrogens is 122 g/mol. The Hall–Kier alpha value is -0.540. The van der Waals surface area contributed by atoms with Gasteiger partial charge < -0.3 is 4.84 Å². The van der Waals surface area contributed by atoms with E-state index < -0.39 is 0 Å². The van der Waals surface area contributed by atoms with Gasteiger partial charge in [-0.1, -0.05) is 0 Å². The molecule has 0 spiro atoms. The number of aryl methyl sites for hydroxylation is 1. The highest BCUT2D eigenvalue weighted by atomic mass is 32.1. The van der Waals surface area contributed by atoms with Gasteiger partial charge in [-0.3, -0.25) is 0 Å². The fraction of sp³-hybridized carbons (Fsp3) is 0.200. The highest BCUT2D eigenvalue weighted by Crippen LogP contribution is 2.21. The molecule has 0 atom stereocenters. The number of hydrogen-bond donors (Lipinski definition) is 1. The van der Waals surface area contributed by atoms with E-state index in [1.54, 1.807) is 11.3 Å².